The molecule has 2 rings (SSSR count). The highest BCUT2D eigenvalue weighted by Gasteiger charge is 2.41. The topological polar surface area (TPSA) is 50.4 Å². The van der Waals surface area contributed by atoms with E-state index < -0.39 is 5.60 Å². The standard InChI is InChI=1S/C13H24N2O2/c1-12(2,3)17-11(16)14-9-13-6-4-10(8-13)5-7-15-13/h10,15H,4-9H2,1-3H3,(H,14,16). The molecular formula is C13H24N2O2. The van der Waals surface area contributed by atoms with Gasteiger partial charge in [-0.25, -0.2) is 4.79 Å². The van der Waals surface area contributed by atoms with Crippen LogP contribution in [0.25, 0.3) is 0 Å². The molecule has 0 radical (unpaired) electrons. The van der Waals surface area contributed by atoms with Crippen molar-refractivity contribution in [2.45, 2.75) is 57.6 Å². The second-order valence-electron chi connectivity index (χ2n) is 6.46. The van der Waals surface area contributed by atoms with Crippen molar-refractivity contribution in [2.75, 3.05) is 13.1 Å². The molecule has 1 aliphatic carbocycles. The number of amides is 1. The summed E-state index contributed by atoms with van der Waals surface area (Å²) in [5, 5.41) is 6.48. The van der Waals surface area contributed by atoms with Gasteiger partial charge in [0.25, 0.3) is 0 Å². The largest absolute Gasteiger partial charge is 0.444 e. The van der Waals surface area contributed by atoms with Crippen molar-refractivity contribution < 1.29 is 9.53 Å². The minimum Gasteiger partial charge on any atom is -0.444 e. The van der Waals surface area contributed by atoms with Crippen LogP contribution in [0.1, 0.15) is 46.5 Å². The third-order valence-corrected chi connectivity index (χ3v) is 3.73. The predicted molar refractivity (Wildman–Crippen MR) is 66.9 cm³/mol. The first kappa shape index (κ1) is 12.7. The van der Waals surface area contributed by atoms with Crippen molar-refractivity contribution in [2.24, 2.45) is 5.92 Å². The number of carbonyl (C=O) groups excluding carboxylic acids is 1. The zero-order valence-electron chi connectivity index (χ0n) is 11.1. The SMILES string of the molecule is CC(C)(C)OC(=O)NCC12CCC(CCN1)C2. The Kier molecular flexibility index (Phi) is 3.34. The van der Waals surface area contributed by atoms with E-state index in [0.29, 0.717) is 6.54 Å². The van der Waals surface area contributed by atoms with Gasteiger partial charge in [0.05, 0.1) is 0 Å². The number of hydrogen-bond donors (Lipinski definition) is 2. The van der Waals surface area contributed by atoms with Crippen LogP contribution < -0.4 is 10.6 Å². The molecule has 0 spiro atoms. The Balaban J connectivity index is 1.80. The van der Waals surface area contributed by atoms with Crippen molar-refractivity contribution in [1.29, 1.82) is 0 Å². The van der Waals surface area contributed by atoms with Crippen LogP contribution in [0.15, 0.2) is 0 Å². The summed E-state index contributed by atoms with van der Waals surface area (Å²) in [6, 6.07) is 0. The molecule has 2 bridgehead atoms. The molecule has 4 nitrogen and oxygen atoms in total. The van der Waals surface area contributed by atoms with Crippen LogP contribution in [0.4, 0.5) is 4.79 Å². The first-order chi connectivity index (χ1) is 7.89. The quantitative estimate of drug-likeness (QED) is 0.776. The van der Waals surface area contributed by atoms with Crippen molar-refractivity contribution in [3.8, 4) is 0 Å². The fraction of sp³-hybridized carbons (Fsp3) is 0.923. The summed E-state index contributed by atoms with van der Waals surface area (Å²) in [7, 11) is 0. The minimum atomic E-state index is -0.417. The molecule has 2 fully saturated rings. The van der Waals surface area contributed by atoms with E-state index in [1.807, 2.05) is 20.8 Å². The second kappa shape index (κ2) is 4.48. The van der Waals surface area contributed by atoms with Gasteiger partial charge in [0.1, 0.15) is 5.60 Å². The summed E-state index contributed by atoms with van der Waals surface area (Å²) in [4.78, 5) is 11.6. The fourth-order valence-corrected chi connectivity index (χ4v) is 2.96. The summed E-state index contributed by atoms with van der Waals surface area (Å²) in [6.07, 6.45) is 4.65. The Hall–Kier alpha value is -0.770. The van der Waals surface area contributed by atoms with Gasteiger partial charge in [0, 0.05) is 12.1 Å². The van der Waals surface area contributed by atoms with Gasteiger partial charge in [-0.3, -0.25) is 0 Å². The molecule has 4 heteroatoms. The van der Waals surface area contributed by atoms with E-state index in [1.165, 1.54) is 25.7 Å². The zero-order chi connectivity index (χ0) is 12.5. The molecule has 2 unspecified atom stereocenters. The van der Waals surface area contributed by atoms with Crippen LogP contribution in [0.5, 0.6) is 0 Å². The lowest BCUT2D eigenvalue weighted by atomic mass is 9.91. The molecule has 1 aliphatic heterocycles. The highest BCUT2D eigenvalue weighted by atomic mass is 16.6. The van der Waals surface area contributed by atoms with E-state index in [9.17, 15) is 4.79 Å². The highest BCUT2D eigenvalue weighted by Crippen LogP contribution is 2.39. The van der Waals surface area contributed by atoms with Crippen molar-refractivity contribution in [3.63, 3.8) is 0 Å². The zero-order valence-corrected chi connectivity index (χ0v) is 11.1. The number of alkyl carbamates (subject to hydrolysis) is 1. The van der Waals surface area contributed by atoms with Crippen molar-refractivity contribution in [3.05, 3.63) is 0 Å². The predicted octanol–water partition coefficient (Wildman–Crippen LogP) is 2.04. The summed E-state index contributed by atoms with van der Waals surface area (Å²) < 4.78 is 5.25. The lowest BCUT2D eigenvalue weighted by molar-refractivity contribution is 0.0506. The average molecular weight is 240 g/mol. The summed E-state index contributed by atoms with van der Waals surface area (Å²) in [5.41, 5.74) is -0.278. The maximum Gasteiger partial charge on any atom is 0.407 e. The molecular weight excluding hydrogens is 216 g/mol. The Morgan fingerprint density at radius 2 is 2.24 bits per heavy atom. The van der Waals surface area contributed by atoms with Gasteiger partial charge in [-0.05, 0) is 58.9 Å². The molecule has 1 amide bonds. The van der Waals surface area contributed by atoms with Crippen LogP contribution in [-0.2, 0) is 4.74 Å². The summed E-state index contributed by atoms with van der Waals surface area (Å²) in [5.74, 6) is 0.858. The van der Waals surface area contributed by atoms with E-state index in [1.54, 1.807) is 0 Å². The molecule has 2 N–H and O–H groups in total. The Labute approximate surface area is 103 Å². The molecule has 0 aromatic rings. The van der Waals surface area contributed by atoms with Gasteiger partial charge in [-0.15, -0.1) is 0 Å². The summed E-state index contributed by atoms with van der Waals surface area (Å²) >= 11 is 0. The first-order valence-electron chi connectivity index (χ1n) is 6.60. The normalized spacial score (nSPS) is 32.3. The van der Waals surface area contributed by atoms with E-state index in [-0.39, 0.29) is 11.6 Å². The lowest BCUT2D eigenvalue weighted by Crippen LogP contribution is -2.54. The van der Waals surface area contributed by atoms with Gasteiger partial charge in [-0.2, -0.15) is 0 Å². The molecule has 0 aromatic carbocycles. The van der Waals surface area contributed by atoms with Crippen LogP contribution in [-0.4, -0.2) is 30.3 Å². The maximum absolute atomic E-state index is 11.6. The van der Waals surface area contributed by atoms with Gasteiger partial charge in [0.2, 0.25) is 0 Å². The summed E-state index contributed by atoms with van der Waals surface area (Å²) in [6.45, 7) is 7.43. The third-order valence-electron chi connectivity index (χ3n) is 3.73. The number of fused-ring (bicyclic) bond motifs is 2. The number of hydrogen-bond acceptors (Lipinski definition) is 3. The number of ether oxygens (including phenoxy) is 1. The molecule has 1 saturated heterocycles. The molecule has 2 atom stereocenters. The molecule has 17 heavy (non-hydrogen) atoms. The van der Waals surface area contributed by atoms with E-state index in [2.05, 4.69) is 10.6 Å². The Morgan fingerprint density at radius 3 is 2.94 bits per heavy atom. The molecule has 2 aliphatic rings. The van der Waals surface area contributed by atoms with Crippen LogP contribution in [0.2, 0.25) is 0 Å². The Morgan fingerprint density at radius 1 is 1.47 bits per heavy atom. The number of rotatable bonds is 2. The smallest absolute Gasteiger partial charge is 0.407 e. The third kappa shape index (κ3) is 3.35. The van der Waals surface area contributed by atoms with Crippen LogP contribution in [0, 0.1) is 5.92 Å². The second-order valence-corrected chi connectivity index (χ2v) is 6.46. The first-order valence-corrected chi connectivity index (χ1v) is 6.60. The van der Waals surface area contributed by atoms with Gasteiger partial charge < -0.3 is 15.4 Å². The monoisotopic (exact) mass is 240 g/mol. The number of carbonyl (C=O) groups is 1. The number of nitrogens with one attached hydrogen (secondary N) is 2. The van der Waals surface area contributed by atoms with Crippen molar-refractivity contribution in [1.82, 2.24) is 10.6 Å². The van der Waals surface area contributed by atoms with Crippen LogP contribution >= 0.6 is 0 Å². The molecule has 1 heterocycles. The number of piperidine rings is 1. The van der Waals surface area contributed by atoms with Gasteiger partial charge in [-0.1, -0.05) is 0 Å². The van der Waals surface area contributed by atoms with Crippen LogP contribution in [0.3, 0.4) is 0 Å². The highest BCUT2D eigenvalue weighted by molar-refractivity contribution is 5.67. The van der Waals surface area contributed by atoms with E-state index in [0.717, 1.165) is 12.5 Å². The van der Waals surface area contributed by atoms with E-state index >= 15 is 0 Å². The van der Waals surface area contributed by atoms with Crippen molar-refractivity contribution >= 4 is 6.09 Å². The van der Waals surface area contributed by atoms with E-state index in [4.69, 9.17) is 4.74 Å². The Bertz CT molecular complexity index is 294. The molecule has 98 valence electrons. The fourth-order valence-electron chi connectivity index (χ4n) is 2.96. The minimum absolute atomic E-state index is 0.139. The lowest BCUT2D eigenvalue weighted by Gasteiger charge is -2.35. The maximum atomic E-state index is 11.6. The average Bonchev–Trinajstić information content (AvgIpc) is 2.50. The van der Waals surface area contributed by atoms with Gasteiger partial charge >= 0.3 is 6.09 Å². The molecule has 0 aromatic heterocycles. The van der Waals surface area contributed by atoms with Gasteiger partial charge in [0.15, 0.2) is 0 Å². The molecule has 1 saturated carbocycles.